The number of aryl methyl sites for hydroxylation is 2. The highest BCUT2D eigenvalue weighted by Gasteiger charge is 2.26. The topological polar surface area (TPSA) is 104 Å². The molecule has 0 aromatic heterocycles. The second-order valence-electron chi connectivity index (χ2n) is 7.99. The summed E-state index contributed by atoms with van der Waals surface area (Å²) in [6.45, 7) is 3.82. The summed E-state index contributed by atoms with van der Waals surface area (Å²) in [6.07, 6.45) is 0. The molecule has 176 valence electrons. The highest BCUT2D eigenvalue weighted by atomic mass is 32.2. The van der Waals surface area contributed by atoms with E-state index in [2.05, 4.69) is 6.07 Å². The van der Waals surface area contributed by atoms with E-state index >= 15 is 0 Å². The summed E-state index contributed by atoms with van der Waals surface area (Å²) in [5, 5.41) is 10.9. The SMILES string of the molecule is Cc1cccc(-c2ccc(OC(=O)c3ccccc3S(=O)(=O)c3ccc([N+](=O)[O-])cc3)c(C)c2)c1. The number of nitro benzene ring substituents is 1. The van der Waals surface area contributed by atoms with Crippen LogP contribution >= 0.6 is 0 Å². The molecular formula is C27H21NO6S. The van der Waals surface area contributed by atoms with Gasteiger partial charge in [-0.25, -0.2) is 13.2 Å². The van der Waals surface area contributed by atoms with Crippen LogP contribution in [0.4, 0.5) is 5.69 Å². The first kappa shape index (κ1) is 23.8. The number of carbonyl (C=O) groups excluding carboxylic acids is 1. The molecule has 0 aliphatic rings. The van der Waals surface area contributed by atoms with Crippen molar-refractivity contribution in [2.45, 2.75) is 23.6 Å². The Morgan fingerprint density at radius 3 is 2.17 bits per heavy atom. The summed E-state index contributed by atoms with van der Waals surface area (Å²) in [7, 11) is -4.13. The lowest BCUT2D eigenvalue weighted by Crippen LogP contribution is -2.15. The third kappa shape index (κ3) is 4.97. The van der Waals surface area contributed by atoms with Crippen molar-refractivity contribution in [3.05, 3.63) is 118 Å². The number of nitrogens with zero attached hydrogens (tertiary/aromatic N) is 1. The van der Waals surface area contributed by atoms with E-state index in [1.807, 2.05) is 37.3 Å². The molecule has 8 heteroatoms. The molecule has 35 heavy (non-hydrogen) atoms. The van der Waals surface area contributed by atoms with Gasteiger partial charge in [-0.1, -0.05) is 48.0 Å². The van der Waals surface area contributed by atoms with Crippen LogP contribution in [0.15, 0.2) is 101 Å². The highest BCUT2D eigenvalue weighted by molar-refractivity contribution is 7.91. The van der Waals surface area contributed by atoms with Gasteiger partial charge in [-0.3, -0.25) is 10.1 Å². The number of non-ortho nitro benzene ring substituents is 1. The van der Waals surface area contributed by atoms with Crippen LogP contribution in [-0.2, 0) is 9.84 Å². The average Bonchev–Trinajstić information content (AvgIpc) is 2.85. The fraction of sp³-hybridized carbons (Fsp3) is 0.0741. The van der Waals surface area contributed by atoms with Gasteiger partial charge < -0.3 is 4.74 Å². The Hall–Kier alpha value is -4.30. The van der Waals surface area contributed by atoms with Crippen LogP contribution in [0.5, 0.6) is 5.75 Å². The van der Waals surface area contributed by atoms with E-state index in [1.165, 1.54) is 18.2 Å². The first-order valence-electron chi connectivity index (χ1n) is 10.7. The predicted molar refractivity (Wildman–Crippen MR) is 131 cm³/mol. The third-order valence-electron chi connectivity index (χ3n) is 5.48. The second kappa shape index (κ2) is 9.52. The molecule has 7 nitrogen and oxygen atoms in total. The van der Waals surface area contributed by atoms with E-state index in [0.717, 1.165) is 41.0 Å². The van der Waals surface area contributed by atoms with E-state index < -0.39 is 20.7 Å². The summed E-state index contributed by atoms with van der Waals surface area (Å²) in [4.78, 5) is 22.9. The zero-order valence-electron chi connectivity index (χ0n) is 19.0. The Bertz CT molecular complexity index is 1540. The molecule has 4 aromatic carbocycles. The van der Waals surface area contributed by atoms with Gasteiger partial charge in [0.2, 0.25) is 9.84 Å². The minimum absolute atomic E-state index is 0.131. The van der Waals surface area contributed by atoms with Crippen molar-refractivity contribution in [3.63, 3.8) is 0 Å². The molecule has 0 amide bonds. The first-order valence-corrected chi connectivity index (χ1v) is 12.1. The van der Waals surface area contributed by atoms with Crippen LogP contribution in [0.2, 0.25) is 0 Å². The van der Waals surface area contributed by atoms with Gasteiger partial charge in [0, 0.05) is 12.1 Å². The summed E-state index contributed by atoms with van der Waals surface area (Å²) < 4.78 is 32.0. The third-order valence-corrected chi connectivity index (χ3v) is 7.31. The number of esters is 1. The van der Waals surface area contributed by atoms with Crippen LogP contribution < -0.4 is 4.74 Å². The molecule has 0 bridgehead atoms. The number of carbonyl (C=O) groups is 1. The van der Waals surface area contributed by atoms with E-state index in [1.54, 1.807) is 19.1 Å². The molecule has 0 unspecified atom stereocenters. The van der Waals surface area contributed by atoms with E-state index in [4.69, 9.17) is 4.74 Å². The summed E-state index contributed by atoms with van der Waals surface area (Å²) in [5.41, 5.74) is 3.47. The Balaban J connectivity index is 1.64. The van der Waals surface area contributed by atoms with Gasteiger partial charge in [0.05, 0.1) is 20.3 Å². The Morgan fingerprint density at radius 2 is 1.51 bits per heavy atom. The van der Waals surface area contributed by atoms with Crippen LogP contribution in [0.3, 0.4) is 0 Å². The molecule has 4 rings (SSSR count). The van der Waals surface area contributed by atoms with E-state index in [0.29, 0.717) is 11.3 Å². The van der Waals surface area contributed by atoms with Crippen molar-refractivity contribution in [1.82, 2.24) is 0 Å². The molecule has 0 fully saturated rings. The van der Waals surface area contributed by atoms with Crippen LogP contribution in [0, 0.1) is 24.0 Å². The van der Waals surface area contributed by atoms with Gasteiger partial charge in [-0.15, -0.1) is 0 Å². The quantitative estimate of drug-likeness (QED) is 0.144. The summed E-state index contributed by atoms with van der Waals surface area (Å²) >= 11 is 0. The lowest BCUT2D eigenvalue weighted by atomic mass is 10.0. The normalized spacial score (nSPS) is 11.1. The molecule has 0 atom stereocenters. The fourth-order valence-electron chi connectivity index (χ4n) is 3.67. The summed E-state index contributed by atoms with van der Waals surface area (Å²) in [6, 6.07) is 23.7. The maximum Gasteiger partial charge on any atom is 0.344 e. The minimum atomic E-state index is -4.13. The van der Waals surface area contributed by atoms with Crippen molar-refractivity contribution >= 4 is 21.5 Å². The number of ether oxygens (including phenoxy) is 1. The number of hydrogen-bond acceptors (Lipinski definition) is 6. The zero-order valence-corrected chi connectivity index (χ0v) is 19.8. The first-order chi connectivity index (χ1) is 16.7. The molecular weight excluding hydrogens is 466 g/mol. The average molecular weight is 488 g/mol. The molecule has 0 saturated heterocycles. The smallest absolute Gasteiger partial charge is 0.344 e. The Kier molecular flexibility index (Phi) is 6.48. The van der Waals surface area contributed by atoms with E-state index in [9.17, 15) is 23.3 Å². The summed E-state index contributed by atoms with van der Waals surface area (Å²) in [5.74, 6) is -0.508. The largest absolute Gasteiger partial charge is 0.423 e. The maximum absolute atomic E-state index is 13.2. The lowest BCUT2D eigenvalue weighted by molar-refractivity contribution is -0.384. The van der Waals surface area contributed by atoms with Crippen molar-refractivity contribution in [1.29, 1.82) is 0 Å². The van der Waals surface area contributed by atoms with Crippen molar-refractivity contribution < 1.29 is 22.9 Å². The Labute approximate surface area is 202 Å². The van der Waals surface area contributed by atoms with Crippen molar-refractivity contribution in [2.75, 3.05) is 0 Å². The standard InChI is InChI=1S/C27H21NO6S/c1-18-6-5-7-20(16-18)21-10-15-25(19(2)17-21)34-27(29)24-8-3-4-9-26(24)35(32,33)23-13-11-22(12-14-23)28(30)31/h3-17H,1-2H3. The van der Waals surface area contributed by atoms with Crippen molar-refractivity contribution in [3.8, 4) is 16.9 Å². The van der Waals surface area contributed by atoms with Gasteiger partial charge in [-0.05, 0) is 66.9 Å². The Morgan fingerprint density at radius 1 is 0.829 bits per heavy atom. The number of benzene rings is 4. The van der Waals surface area contributed by atoms with Gasteiger partial charge in [-0.2, -0.15) is 0 Å². The zero-order chi connectivity index (χ0) is 25.2. The van der Waals surface area contributed by atoms with Gasteiger partial charge in [0.1, 0.15) is 5.75 Å². The number of nitro groups is 1. The highest BCUT2D eigenvalue weighted by Crippen LogP contribution is 2.30. The maximum atomic E-state index is 13.2. The number of hydrogen-bond donors (Lipinski definition) is 0. The van der Waals surface area contributed by atoms with Crippen molar-refractivity contribution in [2.24, 2.45) is 0 Å². The van der Waals surface area contributed by atoms with Gasteiger partial charge in [0.25, 0.3) is 5.69 Å². The van der Waals surface area contributed by atoms with Gasteiger partial charge in [0.15, 0.2) is 0 Å². The predicted octanol–water partition coefficient (Wildman–Crippen LogP) is 5.93. The lowest BCUT2D eigenvalue weighted by Gasteiger charge is -2.13. The monoisotopic (exact) mass is 487 g/mol. The second-order valence-corrected chi connectivity index (χ2v) is 9.91. The van der Waals surface area contributed by atoms with Crippen LogP contribution in [0.25, 0.3) is 11.1 Å². The fourth-order valence-corrected chi connectivity index (χ4v) is 5.11. The number of sulfone groups is 1. The molecule has 0 heterocycles. The minimum Gasteiger partial charge on any atom is -0.423 e. The molecule has 0 aliphatic heterocycles. The molecule has 0 spiro atoms. The van der Waals surface area contributed by atoms with Crippen LogP contribution in [-0.4, -0.2) is 19.3 Å². The van der Waals surface area contributed by atoms with E-state index in [-0.39, 0.29) is 21.0 Å². The molecule has 0 radical (unpaired) electrons. The number of rotatable bonds is 6. The molecule has 0 N–H and O–H groups in total. The molecule has 0 aliphatic carbocycles. The van der Waals surface area contributed by atoms with Crippen LogP contribution in [0.1, 0.15) is 21.5 Å². The van der Waals surface area contributed by atoms with Gasteiger partial charge >= 0.3 is 5.97 Å². The molecule has 4 aromatic rings. The molecule has 0 saturated carbocycles.